The van der Waals surface area contributed by atoms with Crippen molar-refractivity contribution in [2.75, 3.05) is 19.6 Å². The van der Waals surface area contributed by atoms with Gasteiger partial charge in [0.1, 0.15) is 11.5 Å². The molecule has 1 saturated heterocycles. The number of halogens is 2. The fraction of sp³-hybridized carbons (Fsp3) is 0.400. The number of hydrogen-bond acceptors (Lipinski definition) is 3. The van der Waals surface area contributed by atoms with Gasteiger partial charge in [0.25, 0.3) is 0 Å². The molecular formula is C20H23Cl2NO2. The van der Waals surface area contributed by atoms with Gasteiger partial charge in [0.05, 0.1) is 10.6 Å². The van der Waals surface area contributed by atoms with Crippen LogP contribution >= 0.6 is 23.2 Å². The Hall–Kier alpha value is -1.26. The molecule has 5 heteroatoms. The van der Waals surface area contributed by atoms with Crippen LogP contribution < -0.4 is 4.74 Å². The van der Waals surface area contributed by atoms with Gasteiger partial charge in [0, 0.05) is 11.6 Å². The number of likely N-dealkylation sites (tertiary alicyclic amines) is 1. The number of benzene rings is 2. The quantitative estimate of drug-likeness (QED) is 0.720. The standard InChI is InChI=1S/C20H23Cl2NO2/c1-20(24,10-13-23-11-2-3-12-23)15-4-7-17(8-5-15)25-19-9-6-16(21)14-18(19)22/h4-9,14,24H,2-3,10-13H2,1H3. The lowest BCUT2D eigenvalue weighted by atomic mass is 9.92. The molecule has 1 N–H and O–H groups in total. The van der Waals surface area contributed by atoms with Crippen LogP contribution in [0.3, 0.4) is 0 Å². The van der Waals surface area contributed by atoms with Gasteiger partial charge in [0.15, 0.2) is 0 Å². The maximum atomic E-state index is 10.8. The number of hydrogen-bond donors (Lipinski definition) is 1. The summed E-state index contributed by atoms with van der Waals surface area (Å²) in [5.41, 5.74) is 0.0419. The minimum atomic E-state index is -0.848. The van der Waals surface area contributed by atoms with Crippen molar-refractivity contribution >= 4 is 23.2 Å². The molecule has 1 atom stereocenters. The highest BCUT2D eigenvalue weighted by Crippen LogP contribution is 2.33. The van der Waals surface area contributed by atoms with Crippen LogP contribution in [0.25, 0.3) is 0 Å². The highest BCUT2D eigenvalue weighted by atomic mass is 35.5. The average molecular weight is 380 g/mol. The molecule has 134 valence electrons. The summed E-state index contributed by atoms with van der Waals surface area (Å²) in [6.07, 6.45) is 3.25. The second-order valence-electron chi connectivity index (χ2n) is 6.77. The first-order chi connectivity index (χ1) is 11.9. The molecule has 1 unspecified atom stereocenters. The summed E-state index contributed by atoms with van der Waals surface area (Å²) in [6, 6.07) is 12.6. The monoisotopic (exact) mass is 379 g/mol. The van der Waals surface area contributed by atoms with E-state index in [0.717, 1.165) is 31.6 Å². The Kier molecular flexibility index (Phi) is 5.90. The lowest BCUT2D eigenvalue weighted by Gasteiger charge is -2.27. The van der Waals surface area contributed by atoms with Crippen molar-refractivity contribution in [3.8, 4) is 11.5 Å². The van der Waals surface area contributed by atoms with Crippen molar-refractivity contribution in [2.45, 2.75) is 31.8 Å². The summed E-state index contributed by atoms with van der Waals surface area (Å²) in [5, 5.41) is 11.8. The van der Waals surface area contributed by atoms with E-state index in [9.17, 15) is 5.11 Å². The van der Waals surface area contributed by atoms with Crippen LogP contribution in [0.2, 0.25) is 10.0 Å². The third kappa shape index (κ3) is 4.89. The van der Waals surface area contributed by atoms with Crippen molar-refractivity contribution in [1.82, 2.24) is 4.90 Å². The van der Waals surface area contributed by atoms with E-state index in [1.807, 2.05) is 31.2 Å². The Balaban J connectivity index is 1.64. The minimum Gasteiger partial charge on any atom is -0.456 e. The van der Waals surface area contributed by atoms with E-state index in [0.29, 0.717) is 21.5 Å². The number of ether oxygens (including phenoxy) is 1. The SMILES string of the molecule is CC(O)(CCN1CCCC1)c1ccc(Oc2ccc(Cl)cc2Cl)cc1. The van der Waals surface area contributed by atoms with Crippen LogP contribution in [-0.2, 0) is 5.60 Å². The summed E-state index contributed by atoms with van der Waals surface area (Å²) in [4.78, 5) is 2.41. The van der Waals surface area contributed by atoms with Crippen LogP contribution in [0.15, 0.2) is 42.5 Å². The van der Waals surface area contributed by atoms with Gasteiger partial charge in [-0.25, -0.2) is 0 Å². The van der Waals surface area contributed by atoms with Crippen LogP contribution in [0.4, 0.5) is 0 Å². The van der Waals surface area contributed by atoms with Crippen LogP contribution in [-0.4, -0.2) is 29.6 Å². The second kappa shape index (κ2) is 7.96. The Morgan fingerprint density at radius 2 is 1.76 bits per heavy atom. The van der Waals surface area contributed by atoms with E-state index in [4.69, 9.17) is 27.9 Å². The third-order valence-corrected chi connectivity index (χ3v) is 5.24. The molecule has 3 rings (SSSR count). The number of aliphatic hydroxyl groups is 1. The van der Waals surface area contributed by atoms with Gasteiger partial charge in [-0.1, -0.05) is 35.3 Å². The van der Waals surface area contributed by atoms with Gasteiger partial charge in [-0.05, 0) is 75.2 Å². The smallest absolute Gasteiger partial charge is 0.146 e. The Morgan fingerprint density at radius 1 is 1.08 bits per heavy atom. The van der Waals surface area contributed by atoms with Gasteiger partial charge in [-0.2, -0.15) is 0 Å². The van der Waals surface area contributed by atoms with Crippen molar-refractivity contribution in [2.24, 2.45) is 0 Å². The van der Waals surface area contributed by atoms with E-state index < -0.39 is 5.60 Å². The molecule has 0 amide bonds. The predicted octanol–water partition coefficient (Wildman–Crippen LogP) is 5.48. The second-order valence-corrected chi connectivity index (χ2v) is 7.62. The lowest BCUT2D eigenvalue weighted by Crippen LogP contribution is -2.29. The van der Waals surface area contributed by atoms with Gasteiger partial charge >= 0.3 is 0 Å². The van der Waals surface area contributed by atoms with E-state index in [1.54, 1.807) is 18.2 Å². The summed E-state index contributed by atoms with van der Waals surface area (Å²) in [5.74, 6) is 1.22. The number of nitrogens with zero attached hydrogens (tertiary/aromatic N) is 1. The topological polar surface area (TPSA) is 32.7 Å². The highest BCUT2D eigenvalue weighted by molar-refractivity contribution is 6.35. The largest absolute Gasteiger partial charge is 0.456 e. The van der Waals surface area contributed by atoms with Crippen LogP contribution in [0.1, 0.15) is 31.7 Å². The summed E-state index contributed by atoms with van der Waals surface area (Å²) < 4.78 is 5.79. The molecule has 0 aromatic heterocycles. The normalized spacial score (nSPS) is 17.4. The summed E-state index contributed by atoms with van der Waals surface area (Å²) in [6.45, 7) is 5.08. The first-order valence-electron chi connectivity index (χ1n) is 8.62. The van der Waals surface area contributed by atoms with E-state index >= 15 is 0 Å². The molecule has 1 fully saturated rings. The Labute approximate surface area is 159 Å². The van der Waals surface area contributed by atoms with Crippen LogP contribution in [0.5, 0.6) is 11.5 Å². The molecule has 0 radical (unpaired) electrons. The van der Waals surface area contributed by atoms with Crippen LogP contribution in [0, 0.1) is 0 Å². The molecular weight excluding hydrogens is 357 g/mol. The maximum Gasteiger partial charge on any atom is 0.146 e. The first-order valence-corrected chi connectivity index (χ1v) is 9.38. The van der Waals surface area contributed by atoms with E-state index in [1.165, 1.54) is 12.8 Å². The molecule has 0 aliphatic carbocycles. The molecule has 3 nitrogen and oxygen atoms in total. The van der Waals surface area contributed by atoms with Crippen molar-refractivity contribution in [1.29, 1.82) is 0 Å². The Morgan fingerprint density at radius 3 is 2.40 bits per heavy atom. The molecule has 0 saturated carbocycles. The maximum absolute atomic E-state index is 10.8. The molecule has 25 heavy (non-hydrogen) atoms. The van der Waals surface area contributed by atoms with Gasteiger partial charge in [-0.15, -0.1) is 0 Å². The Bertz CT molecular complexity index is 710. The molecule has 0 spiro atoms. The number of rotatable bonds is 6. The van der Waals surface area contributed by atoms with Gasteiger partial charge in [0.2, 0.25) is 0 Å². The molecule has 0 bridgehead atoms. The van der Waals surface area contributed by atoms with Crippen molar-refractivity contribution < 1.29 is 9.84 Å². The zero-order chi connectivity index (χ0) is 17.9. The molecule has 1 aliphatic heterocycles. The molecule has 2 aromatic rings. The zero-order valence-corrected chi connectivity index (χ0v) is 15.9. The molecule has 1 aliphatic rings. The predicted molar refractivity (Wildman–Crippen MR) is 103 cm³/mol. The van der Waals surface area contributed by atoms with Crippen molar-refractivity contribution in [3.63, 3.8) is 0 Å². The average Bonchev–Trinajstić information content (AvgIpc) is 3.10. The van der Waals surface area contributed by atoms with Gasteiger partial charge in [-0.3, -0.25) is 0 Å². The lowest BCUT2D eigenvalue weighted by molar-refractivity contribution is 0.0382. The summed E-state index contributed by atoms with van der Waals surface area (Å²) >= 11 is 12.0. The summed E-state index contributed by atoms with van der Waals surface area (Å²) in [7, 11) is 0. The fourth-order valence-electron chi connectivity index (χ4n) is 3.09. The molecule has 2 aromatic carbocycles. The fourth-order valence-corrected chi connectivity index (χ4v) is 3.54. The zero-order valence-electron chi connectivity index (χ0n) is 14.3. The minimum absolute atomic E-state index is 0.467. The van der Waals surface area contributed by atoms with Gasteiger partial charge < -0.3 is 14.7 Å². The first kappa shape index (κ1) is 18.5. The van der Waals surface area contributed by atoms with Crippen molar-refractivity contribution in [3.05, 3.63) is 58.1 Å². The third-order valence-electron chi connectivity index (χ3n) is 4.71. The highest BCUT2D eigenvalue weighted by Gasteiger charge is 2.24. The van der Waals surface area contributed by atoms with E-state index in [-0.39, 0.29) is 0 Å². The molecule has 1 heterocycles. The van der Waals surface area contributed by atoms with E-state index in [2.05, 4.69) is 4.90 Å².